The lowest BCUT2D eigenvalue weighted by molar-refractivity contribution is 0.0212. The summed E-state index contributed by atoms with van der Waals surface area (Å²) in [6.45, 7) is 4.52. The molecule has 21 heavy (non-hydrogen) atoms. The highest BCUT2D eigenvalue weighted by atomic mass is 16.4. The van der Waals surface area contributed by atoms with Crippen molar-refractivity contribution in [2.45, 2.75) is 31.8 Å². The van der Waals surface area contributed by atoms with Gasteiger partial charge in [-0.05, 0) is 57.0 Å². The number of hydrogen-bond acceptors (Lipinski definition) is 4. The molecule has 2 bridgehead atoms. The van der Waals surface area contributed by atoms with Crippen LogP contribution in [0.15, 0.2) is 28.8 Å². The van der Waals surface area contributed by atoms with E-state index in [1.165, 1.54) is 12.8 Å². The third-order valence-electron chi connectivity index (χ3n) is 4.99. The molecule has 0 unspecified atom stereocenters. The lowest BCUT2D eigenvalue weighted by Gasteiger charge is -2.49. The second kappa shape index (κ2) is 4.84. The number of nitrogens with zero attached hydrogens (tertiary/aromatic N) is 2. The number of furan rings is 1. The summed E-state index contributed by atoms with van der Waals surface area (Å²) < 4.78 is 5.55. The first-order valence-corrected chi connectivity index (χ1v) is 7.62. The maximum atomic E-state index is 12.5. The average Bonchev–Trinajstić information content (AvgIpc) is 2.95. The van der Waals surface area contributed by atoms with E-state index in [4.69, 9.17) is 4.42 Å². The van der Waals surface area contributed by atoms with Crippen molar-refractivity contribution in [3.8, 4) is 0 Å². The third kappa shape index (κ3) is 2.12. The van der Waals surface area contributed by atoms with Crippen molar-refractivity contribution in [1.82, 2.24) is 15.2 Å². The molecule has 110 valence electrons. The van der Waals surface area contributed by atoms with E-state index in [0.717, 1.165) is 18.5 Å². The molecular weight excluding hydrogens is 266 g/mol. The zero-order valence-corrected chi connectivity index (χ0v) is 12.1. The summed E-state index contributed by atoms with van der Waals surface area (Å²) in [7, 11) is 0. The minimum Gasteiger partial charge on any atom is -0.433 e. The van der Waals surface area contributed by atoms with Gasteiger partial charge in [0.15, 0.2) is 5.76 Å². The van der Waals surface area contributed by atoms with Gasteiger partial charge < -0.3 is 9.73 Å². The number of aromatic nitrogens is 1. The second-order valence-corrected chi connectivity index (χ2v) is 6.12. The Hall–Kier alpha value is -1.88. The van der Waals surface area contributed by atoms with Crippen LogP contribution < -0.4 is 5.32 Å². The first kappa shape index (κ1) is 12.8. The zero-order chi connectivity index (χ0) is 14.4. The Morgan fingerprint density at radius 3 is 2.95 bits per heavy atom. The van der Waals surface area contributed by atoms with Gasteiger partial charge in [0, 0.05) is 23.7 Å². The van der Waals surface area contributed by atoms with Gasteiger partial charge in [-0.3, -0.25) is 9.69 Å². The first-order valence-electron chi connectivity index (χ1n) is 7.62. The summed E-state index contributed by atoms with van der Waals surface area (Å²) in [6.07, 6.45) is 4.02. The van der Waals surface area contributed by atoms with Crippen LogP contribution in [0.2, 0.25) is 0 Å². The fourth-order valence-corrected chi connectivity index (χ4v) is 3.75. The number of carbonyl (C=O) groups excluding carboxylic acids is 1. The van der Waals surface area contributed by atoms with Crippen LogP contribution in [0.5, 0.6) is 0 Å². The number of pyridine rings is 1. The van der Waals surface area contributed by atoms with E-state index in [2.05, 4.69) is 22.1 Å². The number of piperidine rings is 3. The van der Waals surface area contributed by atoms with Crippen LogP contribution >= 0.6 is 0 Å². The van der Waals surface area contributed by atoms with E-state index < -0.39 is 0 Å². The Morgan fingerprint density at radius 1 is 1.43 bits per heavy atom. The van der Waals surface area contributed by atoms with Crippen molar-refractivity contribution in [3.05, 3.63) is 30.2 Å². The molecule has 5 heteroatoms. The molecule has 2 aromatic rings. The minimum atomic E-state index is -0.126. The summed E-state index contributed by atoms with van der Waals surface area (Å²) in [4.78, 5) is 19.0. The fourth-order valence-electron chi connectivity index (χ4n) is 3.75. The molecule has 0 aliphatic carbocycles. The molecular formula is C16H19N3O2. The molecule has 5 rings (SSSR count). The van der Waals surface area contributed by atoms with Crippen molar-refractivity contribution in [2.75, 3.05) is 13.1 Å². The molecule has 0 radical (unpaired) electrons. The summed E-state index contributed by atoms with van der Waals surface area (Å²) in [5, 5.41) is 4.04. The highest BCUT2D eigenvalue weighted by Gasteiger charge is 2.40. The van der Waals surface area contributed by atoms with E-state index in [0.29, 0.717) is 23.4 Å². The molecule has 2 atom stereocenters. The van der Waals surface area contributed by atoms with Gasteiger partial charge >= 0.3 is 0 Å². The quantitative estimate of drug-likeness (QED) is 0.917. The molecule has 1 amide bonds. The fraction of sp³-hybridized carbons (Fsp3) is 0.500. The SMILES string of the molecule is C[C@H]1[C@H](NC(=O)c2cc3cccnc3o2)C2CCN1CC2. The van der Waals surface area contributed by atoms with Gasteiger partial charge in [-0.15, -0.1) is 0 Å². The van der Waals surface area contributed by atoms with Crippen LogP contribution in [0.1, 0.15) is 30.3 Å². The highest BCUT2D eigenvalue weighted by Crippen LogP contribution is 2.32. The van der Waals surface area contributed by atoms with Gasteiger partial charge in [-0.2, -0.15) is 0 Å². The number of rotatable bonds is 2. The van der Waals surface area contributed by atoms with E-state index in [-0.39, 0.29) is 11.9 Å². The van der Waals surface area contributed by atoms with Crippen LogP contribution in [0.25, 0.3) is 11.1 Å². The maximum absolute atomic E-state index is 12.5. The molecule has 2 aromatic heterocycles. The number of hydrogen-bond donors (Lipinski definition) is 1. The maximum Gasteiger partial charge on any atom is 0.287 e. The molecule has 0 aromatic carbocycles. The first-order chi connectivity index (χ1) is 10.2. The van der Waals surface area contributed by atoms with Gasteiger partial charge in [-0.1, -0.05) is 0 Å². The van der Waals surface area contributed by atoms with Crippen LogP contribution in [-0.2, 0) is 0 Å². The molecule has 3 aliphatic heterocycles. The molecule has 5 nitrogen and oxygen atoms in total. The van der Waals surface area contributed by atoms with E-state index in [1.54, 1.807) is 12.3 Å². The normalized spacial score (nSPS) is 31.5. The molecule has 3 fully saturated rings. The summed E-state index contributed by atoms with van der Waals surface area (Å²) in [6, 6.07) is 6.14. The topological polar surface area (TPSA) is 58.4 Å². The summed E-state index contributed by atoms with van der Waals surface area (Å²) in [5.41, 5.74) is 0.518. The van der Waals surface area contributed by atoms with Crippen molar-refractivity contribution >= 4 is 17.0 Å². The minimum absolute atomic E-state index is 0.126. The van der Waals surface area contributed by atoms with Crippen molar-refractivity contribution < 1.29 is 9.21 Å². The molecule has 3 aliphatic rings. The zero-order valence-electron chi connectivity index (χ0n) is 12.1. The molecule has 0 spiro atoms. The van der Waals surface area contributed by atoms with E-state index >= 15 is 0 Å². The molecule has 1 N–H and O–H groups in total. The molecule has 3 saturated heterocycles. The highest BCUT2D eigenvalue weighted by molar-refractivity contribution is 5.95. The Bertz CT molecular complexity index is 638. The van der Waals surface area contributed by atoms with Crippen LogP contribution in [-0.4, -0.2) is 41.0 Å². The average molecular weight is 285 g/mol. The summed E-state index contributed by atoms with van der Waals surface area (Å²) in [5.74, 6) is 0.822. The van der Waals surface area contributed by atoms with Gasteiger partial charge in [0.2, 0.25) is 5.71 Å². The smallest absolute Gasteiger partial charge is 0.287 e. The Labute approximate surface area is 123 Å². The molecule has 5 heterocycles. The van der Waals surface area contributed by atoms with Crippen molar-refractivity contribution in [2.24, 2.45) is 5.92 Å². The standard InChI is InChI=1S/C16H19N3O2/c1-10-14(11-4-7-19(10)8-5-11)18-15(20)13-9-12-3-2-6-17-16(12)21-13/h2-3,6,9-11,14H,4-5,7-8H2,1H3,(H,18,20)/t10-,14-/m0/s1. The van der Waals surface area contributed by atoms with Crippen LogP contribution in [0.3, 0.4) is 0 Å². The number of nitrogens with one attached hydrogen (secondary N) is 1. The predicted octanol–water partition coefficient (Wildman–Crippen LogP) is 2.04. The Balaban J connectivity index is 1.55. The predicted molar refractivity (Wildman–Crippen MR) is 79.0 cm³/mol. The van der Waals surface area contributed by atoms with Gasteiger partial charge in [-0.25, -0.2) is 4.98 Å². The van der Waals surface area contributed by atoms with Crippen molar-refractivity contribution in [3.63, 3.8) is 0 Å². The number of amides is 1. The third-order valence-corrected chi connectivity index (χ3v) is 4.99. The van der Waals surface area contributed by atoms with Gasteiger partial charge in [0.05, 0.1) is 0 Å². The Kier molecular flexibility index (Phi) is 2.96. The molecule has 0 saturated carbocycles. The lowest BCUT2D eigenvalue weighted by Crippen LogP contribution is -2.62. The largest absolute Gasteiger partial charge is 0.433 e. The van der Waals surface area contributed by atoms with E-state index in [9.17, 15) is 4.79 Å². The number of fused-ring (bicyclic) bond motifs is 4. The van der Waals surface area contributed by atoms with E-state index in [1.807, 2.05) is 12.1 Å². The van der Waals surface area contributed by atoms with Crippen molar-refractivity contribution in [1.29, 1.82) is 0 Å². The van der Waals surface area contributed by atoms with Crippen LogP contribution in [0.4, 0.5) is 0 Å². The lowest BCUT2D eigenvalue weighted by atomic mass is 9.79. The number of carbonyl (C=O) groups is 1. The van der Waals surface area contributed by atoms with Gasteiger partial charge in [0.25, 0.3) is 5.91 Å². The van der Waals surface area contributed by atoms with Crippen LogP contribution in [0, 0.1) is 5.92 Å². The van der Waals surface area contributed by atoms with Gasteiger partial charge in [0.1, 0.15) is 0 Å². The monoisotopic (exact) mass is 285 g/mol. The second-order valence-electron chi connectivity index (χ2n) is 6.12. The summed E-state index contributed by atoms with van der Waals surface area (Å²) >= 11 is 0. The Morgan fingerprint density at radius 2 is 2.24 bits per heavy atom.